The second-order valence-electron chi connectivity index (χ2n) is 9.38. The van der Waals surface area contributed by atoms with Crippen LogP contribution in [0.4, 0.5) is 11.4 Å². The van der Waals surface area contributed by atoms with Crippen LogP contribution in [0.1, 0.15) is 17.2 Å². The highest BCUT2D eigenvalue weighted by atomic mass is 35.5. The van der Waals surface area contributed by atoms with Crippen LogP contribution in [0.5, 0.6) is 11.5 Å². The third kappa shape index (κ3) is 3.25. The monoisotopic (exact) mass is 513 g/mol. The van der Waals surface area contributed by atoms with Gasteiger partial charge in [-0.2, -0.15) is 0 Å². The van der Waals surface area contributed by atoms with Crippen molar-refractivity contribution in [2.45, 2.75) is 12.1 Å². The van der Waals surface area contributed by atoms with Gasteiger partial charge >= 0.3 is 0 Å². The van der Waals surface area contributed by atoms with Crippen molar-refractivity contribution in [2.24, 2.45) is 11.8 Å². The Balaban J connectivity index is 1.31. The summed E-state index contributed by atoms with van der Waals surface area (Å²) in [5.41, 5.74) is 2.83. The van der Waals surface area contributed by atoms with Crippen molar-refractivity contribution in [3.63, 3.8) is 0 Å². The lowest BCUT2D eigenvalue weighted by molar-refractivity contribution is -0.128. The molecule has 3 aromatic rings. The summed E-state index contributed by atoms with van der Waals surface area (Å²) in [6, 6.07) is 18.2. The number of nitrogens with zero attached hydrogens (tertiary/aromatic N) is 2. The summed E-state index contributed by atoms with van der Waals surface area (Å²) in [6.07, 6.45) is 3.74. The fourth-order valence-corrected chi connectivity index (χ4v) is 6.01. The number of halogens is 1. The van der Waals surface area contributed by atoms with Gasteiger partial charge in [0.1, 0.15) is 6.04 Å². The highest BCUT2D eigenvalue weighted by Gasteiger charge is 2.64. The molecule has 0 aromatic heterocycles. The number of amides is 3. The molecule has 2 fully saturated rings. The van der Waals surface area contributed by atoms with Crippen LogP contribution in [0.2, 0.25) is 5.02 Å². The van der Waals surface area contributed by atoms with Gasteiger partial charge in [0.2, 0.25) is 24.5 Å². The van der Waals surface area contributed by atoms with E-state index in [2.05, 4.69) is 5.32 Å². The Bertz CT molecular complexity index is 1500. The first-order valence-electron chi connectivity index (χ1n) is 11.9. The van der Waals surface area contributed by atoms with E-state index in [1.165, 1.54) is 4.90 Å². The number of carbonyl (C=O) groups excluding carboxylic acids is 3. The molecular formula is C28H20ClN3O5. The lowest BCUT2D eigenvalue weighted by Crippen LogP contribution is -2.46. The first-order chi connectivity index (χ1) is 18.0. The van der Waals surface area contributed by atoms with E-state index in [0.29, 0.717) is 27.9 Å². The van der Waals surface area contributed by atoms with Gasteiger partial charge in [-0.3, -0.25) is 14.4 Å². The number of nitrogens with one attached hydrogen (secondary N) is 1. The number of anilines is 2. The van der Waals surface area contributed by atoms with E-state index in [1.54, 1.807) is 42.5 Å². The predicted octanol–water partition coefficient (Wildman–Crippen LogP) is 4.22. The van der Waals surface area contributed by atoms with Crippen molar-refractivity contribution in [3.8, 4) is 11.5 Å². The summed E-state index contributed by atoms with van der Waals surface area (Å²) in [5.74, 6) is -1.68. The SMILES string of the molecule is O=C(Nc1ccc(Cl)cc1)[C@@H]1[C@@H]2C(=O)N(c3ccc4c(c3)OCO4)C(=O)[C@H]2[C@H]2c3ccccc3C=CN12. The number of benzene rings is 3. The maximum absolute atomic E-state index is 14.0. The van der Waals surface area contributed by atoms with E-state index in [0.717, 1.165) is 11.1 Å². The van der Waals surface area contributed by atoms with Gasteiger partial charge in [-0.05, 0) is 53.6 Å². The molecule has 0 bridgehead atoms. The summed E-state index contributed by atoms with van der Waals surface area (Å²) in [5, 5.41) is 3.46. The lowest BCUT2D eigenvalue weighted by Gasteiger charge is -2.35. The van der Waals surface area contributed by atoms with Crippen LogP contribution in [0.25, 0.3) is 6.08 Å². The van der Waals surface area contributed by atoms with Gasteiger partial charge in [0.15, 0.2) is 11.5 Å². The zero-order valence-electron chi connectivity index (χ0n) is 19.3. The largest absolute Gasteiger partial charge is 0.454 e. The van der Waals surface area contributed by atoms with Crippen LogP contribution in [-0.4, -0.2) is 35.5 Å². The first kappa shape index (κ1) is 21.9. The molecule has 3 amide bonds. The maximum atomic E-state index is 14.0. The molecular weight excluding hydrogens is 494 g/mol. The van der Waals surface area contributed by atoms with Crippen LogP contribution < -0.4 is 19.7 Å². The van der Waals surface area contributed by atoms with E-state index >= 15 is 0 Å². The normalized spacial score (nSPS) is 24.7. The number of fused-ring (bicyclic) bond motifs is 6. The quantitative estimate of drug-likeness (QED) is 0.528. The zero-order valence-corrected chi connectivity index (χ0v) is 20.1. The van der Waals surface area contributed by atoms with Gasteiger partial charge in [0.25, 0.3) is 0 Å². The summed E-state index contributed by atoms with van der Waals surface area (Å²) >= 11 is 6.00. The van der Waals surface area contributed by atoms with Crippen molar-refractivity contribution < 1.29 is 23.9 Å². The van der Waals surface area contributed by atoms with Crippen molar-refractivity contribution in [1.29, 1.82) is 0 Å². The molecule has 0 unspecified atom stereocenters. The summed E-state index contributed by atoms with van der Waals surface area (Å²) in [6.45, 7) is 0.0824. The average Bonchev–Trinajstić information content (AvgIpc) is 3.58. The van der Waals surface area contributed by atoms with Gasteiger partial charge in [0, 0.05) is 23.0 Å². The second kappa shape index (κ2) is 8.11. The molecule has 0 aliphatic carbocycles. The third-order valence-electron chi connectivity index (χ3n) is 7.46. The Morgan fingerprint density at radius 2 is 1.68 bits per heavy atom. The molecule has 3 aromatic carbocycles. The summed E-state index contributed by atoms with van der Waals surface area (Å²) in [4.78, 5) is 44.7. The maximum Gasteiger partial charge on any atom is 0.247 e. The highest BCUT2D eigenvalue weighted by Crippen LogP contribution is 2.53. The second-order valence-corrected chi connectivity index (χ2v) is 9.82. The van der Waals surface area contributed by atoms with E-state index in [-0.39, 0.29) is 18.6 Å². The highest BCUT2D eigenvalue weighted by molar-refractivity contribution is 6.30. The van der Waals surface area contributed by atoms with E-state index in [1.807, 2.05) is 41.4 Å². The van der Waals surface area contributed by atoms with Gasteiger partial charge in [-0.15, -0.1) is 0 Å². The molecule has 8 nitrogen and oxygen atoms in total. The molecule has 4 heterocycles. The van der Waals surface area contributed by atoms with Crippen molar-refractivity contribution in [2.75, 3.05) is 17.0 Å². The van der Waals surface area contributed by atoms with Gasteiger partial charge < -0.3 is 19.7 Å². The minimum absolute atomic E-state index is 0.0824. The minimum Gasteiger partial charge on any atom is -0.454 e. The smallest absolute Gasteiger partial charge is 0.247 e. The number of rotatable bonds is 3. The standard InChI is InChI=1S/C28H20ClN3O5/c29-16-5-7-17(8-6-16)30-26(33)25-23-22(24-19-4-2-1-3-15(19)11-12-31(24)25)27(34)32(28(23)35)18-9-10-20-21(13-18)37-14-36-20/h1-13,22-25H,14H2,(H,30,33)/t22-,23-,24-,25+/m1/s1. The molecule has 0 saturated carbocycles. The number of hydrogen-bond acceptors (Lipinski definition) is 6. The molecule has 4 atom stereocenters. The Morgan fingerprint density at radius 1 is 0.919 bits per heavy atom. The first-order valence-corrected chi connectivity index (χ1v) is 12.3. The van der Waals surface area contributed by atoms with E-state index < -0.39 is 29.8 Å². The lowest BCUT2D eigenvalue weighted by atomic mass is 9.84. The molecule has 37 heavy (non-hydrogen) atoms. The molecule has 0 spiro atoms. The third-order valence-corrected chi connectivity index (χ3v) is 7.71. The summed E-state index contributed by atoms with van der Waals surface area (Å²) < 4.78 is 10.8. The Morgan fingerprint density at radius 3 is 2.51 bits per heavy atom. The molecule has 184 valence electrons. The van der Waals surface area contributed by atoms with Crippen LogP contribution in [-0.2, 0) is 14.4 Å². The van der Waals surface area contributed by atoms with E-state index in [9.17, 15) is 14.4 Å². The van der Waals surface area contributed by atoms with Gasteiger partial charge in [-0.25, -0.2) is 4.90 Å². The zero-order chi connectivity index (χ0) is 25.3. The fraction of sp³-hybridized carbons (Fsp3) is 0.179. The average molecular weight is 514 g/mol. The van der Waals surface area contributed by atoms with Crippen LogP contribution >= 0.6 is 11.6 Å². The molecule has 2 saturated heterocycles. The molecule has 1 N–H and O–H groups in total. The molecule has 0 radical (unpaired) electrons. The number of hydrogen-bond donors (Lipinski definition) is 1. The fourth-order valence-electron chi connectivity index (χ4n) is 5.89. The number of carbonyl (C=O) groups is 3. The molecule has 4 aliphatic rings. The Labute approximate surface area is 217 Å². The Kier molecular flexibility index (Phi) is 4.81. The van der Waals surface area contributed by atoms with Gasteiger partial charge in [0.05, 0.1) is 23.6 Å². The summed E-state index contributed by atoms with van der Waals surface area (Å²) in [7, 11) is 0. The Hall–Kier alpha value is -4.30. The van der Waals surface area contributed by atoms with Gasteiger partial charge in [-0.1, -0.05) is 35.9 Å². The van der Waals surface area contributed by atoms with Crippen LogP contribution in [0.3, 0.4) is 0 Å². The molecule has 7 rings (SSSR count). The van der Waals surface area contributed by atoms with Crippen molar-refractivity contribution >= 4 is 46.8 Å². The molecule has 4 aliphatic heterocycles. The predicted molar refractivity (Wildman–Crippen MR) is 136 cm³/mol. The number of imide groups is 1. The minimum atomic E-state index is -0.884. The van der Waals surface area contributed by atoms with Crippen molar-refractivity contribution in [1.82, 2.24) is 4.90 Å². The van der Waals surface area contributed by atoms with Crippen molar-refractivity contribution in [3.05, 3.63) is 89.1 Å². The number of ether oxygens (including phenoxy) is 2. The topological polar surface area (TPSA) is 88.2 Å². The van der Waals surface area contributed by atoms with Crippen LogP contribution in [0, 0.1) is 11.8 Å². The molecule has 9 heteroatoms. The van der Waals surface area contributed by atoms with Crippen LogP contribution in [0.15, 0.2) is 72.9 Å². The van der Waals surface area contributed by atoms with E-state index in [4.69, 9.17) is 21.1 Å².